The molecule has 1 aliphatic heterocycles. The average molecular weight is 392 g/mol. The van der Waals surface area contributed by atoms with Gasteiger partial charge in [0.05, 0.1) is 11.2 Å². The summed E-state index contributed by atoms with van der Waals surface area (Å²) < 4.78 is 12.6. The Morgan fingerprint density at radius 2 is 1.21 bits per heavy atom. The minimum atomic E-state index is -0.335. The van der Waals surface area contributed by atoms with E-state index < -0.39 is 0 Å². The summed E-state index contributed by atoms with van der Waals surface area (Å²) in [7, 11) is -0.335. The van der Waals surface area contributed by atoms with Crippen LogP contribution < -0.4 is 5.46 Å². The molecule has 0 aliphatic carbocycles. The van der Waals surface area contributed by atoms with Crippen LogP contribution in [-0.4, -0.2) is 18.3 Å². The standard InChI is InChI=1S/C26H37BO2/c1-23(2,3)19-13-11-18(12-14-19)21-16-15-20(17-22(21)24(4,5)6)27-28-25(7,8)26(9,10)29-27/h11-17H,1-10H3. The van der Waals surface area contributed by atoms with Crippen molar-refractivity contribution in [1.29, 1.82) is 0 Å². The third-order valence-electron chi connectivity index (χ3n) is 6.44. The van der Waals surface area contributed by atoms with E-state index in [0.29, 0.717) is 0 Å². The second kappa shape index (κ2) is 6.99. The normalized spacial score (nSPS) is 18.9. The van der Waals surface area contributed by atoms with Crippen molar-refractivity contribution in [1.82, 2.24) is 0 Å². The van der Waals surface area contributed by atoms with Crippen molar-refractivity contribution in [3.05, 3.63) is 53.6 Å². The fraction of sp³-hybridized carbons (Fsp3) is 0.538. The maximum atomic E-state index is 6.29. The second-order valence-electron chi connectivity index (χ2n) is 11.5. The van der Waals surface area contributed by atoms with Crippen molar-refractivity contribution >= 4 is 12.6 Å². The Balaban J connectivity index is 2.02. The van der Waals surface area contributed by atoms with E-state index in [0.717, 1.165) is 5.46 Å². The summed E-state index contributed by atoms with van der Waals surface area (Å²) in [5.41, 5.74) is 5.79. The summed E-state index contributed by atoms with van der Waals surface area (Å²) in [5.74, 6) is 0. The maximum Gasteiger partial charge on any atom is 0.494 e. The van der Waals surface area contributed by atoms with Crippen LogP contribution in [0.5, 0.6) is 0 Å². The number of benzene rings is 2. The molecule has 2 aromatic carbocycles. The highest BCUT2D eigenvalue weighted by Crippen LogP contribution is 2.38. The summed E-state index contributed by atoms with van der Waals surface area (Å²) in [5, 5.41) is 0. The zero-order valence-corrected chi connectivity index (χ0v) is 19.9. The van der Waals surface area contributed by atoms with E-state index >= 15 is 0 Å². The Hall–Kier alpha value is -1.58. The molecular formula is C26H37BO2. The average Bonchev–Trinajstić information content (AvgIpc) is 2.81. The highest BCUT2D eigenvalue weighted by molar-refractivity contribution is 6.62. The van der Waals surface area contributed by atoms with Crippen molar-refractivity contribution in [2.24, 2.45) is 0 Å². The lowest BCUT2D eigenvalue weighted by Gasteiger charge is -2.32. The molecule has 0 bridgehead atoms. The second-order valence-corrected chi connectivity index (χ2v) is 11.5. The first kappa shape index (κ1) is 22.1. The molecule has 0 spiro atoms. The van der Waals surface area contributed by atoms with Crippen molar-refractivity contribution in [3.63, 3.8) is 0 Å². The summed E-state index contributed by atoms with van der Waals surface area (Å²) >= 11 is 0. The van der Waals surface area contributed by atoms with Crippen LogP contribution in [0.1, 0.15) is 80.4 Å². The highest BCUT2D eigenvalue weighted by atomic mass is 16.7. The van der Waals surface area contributed by atoms with Gasteiger partial charge in [-0.15, -0.1) is 0 Å². The van der Waals surface area contributed by atoms with E-state index in [4.69, 9.17) is 9.31 Å². The van der Waals surface area contributed by atoms with Gasteiger partial charge in [0.1, 0.15) is 0 Å². The lowest BCUT2D eigenvalue weighted by molar-refractivity contribution is 0.00578. The van der Waals surface area contributed by atoms with Crippen molar-refractivity contribution in [3.8, 4) is 11.1 Å². The number of hydrogen-bond donors (Lipinski definition) is 0. The molecule has 0 N–H and O–H groups in total. The van der Waals surface area contributed by atoms with Gasteiger partial charge in [0.15, 0.2) is 0 Å². The van der Waals surface area contributed by atoms with E-state index in [2.05, 4.69) is 112 Å². The molecule has 156 valence electrons. The molecule has 2 nitrogen and oxygen atoms in total. The SMILES string of the molecule is CC(C)(C)c1ccc(-c2ccc(B3OC(C)(C)C(C)(C)O3)cc2C(C)(C)C)cc1. The molecule has 0 amide bonds. The first-order chi connectivity index (χ1) is 13.1. The fourth-order valence-corrected chi connectivity index (χ4v) is 3.71. The Labute approximate surface area is 178 Å². The van der Waals surface area contributed by atoms with Gasteiger partial charge in [-0.05, 0) is 66.2 Å². The smallest absolute Gasteiger partial charge is 0.399 e. The molecule has 0 unspecified atom stereocenters. The zero-order chi connectivity index (χ0) is 21.8. The molecule has 1 aliphatic rings. The van der Waals surface area contributed by atoms with Crippen LogP contribution in [0, 0.1) is 0 Å². The van der Waals surface area contributed by atoms with Gasteiger partial charge in [0.25, 0.3) is 0 Å². The summed E-state index contributed by atoms with van der Waals surface area (Å²) in [6, 6.07) is 15.7. The van der Waals surface area contributed by atoms with Crippen molar-refractivity contribution < 1.29 is 9.31 Å². The van der Waals surface area contributed by atoms with E-state index in [1.54, 1.807) is 0 Å². The van der Waals surface area contributed by atoms with Crippen LogP contribution in [0.25, 0.3) is 11.1 Å². The highest BCUT2D eigenvalue weighted by Gasteiger charge is 2.51. The maximum absolute atomic E-state index is 6.29. The van der Waals surface area contributed by atoms with Gasteiger partial charge in [-0.1, -0.05) is 84.0 Å². The van der Waals surface area contributed by atoms with Gasteiger partial charge < -0.3 is 9.31 Å². The minimum absolute atomic E-state index is 0.0116. The molecule has 0 aromatic heterocycles. The van der Waals surface area contributed by atoms with Crippen LogP contribution in [0.2, 0.25) is 0 Å². The topological polar surface area (TPSA) is 18.5 Å². The van der Waals surface area contributed by atoms with Gasteiger partial charge in [0.2, 0.25) is 0 Å². The largest absolute Gasteiger partial charge is 0.494 e. The van der Waals surface area contributed by atoms with Gasteiger partial charge in [-0.2, -0.15) is 0 Å². The van der Waals surface area contributed by atoms with Gasteiger partial charge in [-0.25, -0.2) is 0 Å². The summed E-state index contributed by atoms with van der Waals surface area (Å²) in [6.45, 7) is 22.0. The first-order valence-corrected chi connectivity index (χ1v) is 10.7. The lowest BCUT2D eigenvalue weighted by atomic mass is 9.73. The minimum Gasteiger partial charge on any atom is -0.399 e. The predicted molar refractivity (Wildman–Crippen MR) is 125 cm³/mol. The van der Waals surface area contributed by atoms with Crippen molar-refractivity contribution in [2.45, 2.75) is 91.3 Å². The lowest BCUT2D eigenvalue weighted by Crippen LogP contribution is -2.41. The van der Waals surface area contributed by atoms with Gasteiger partial charge in [0, 0.05) is 0 Å². The number of rotatable bonds is 2. The van der Waals surface area contributed by atoms with Crippen LogP contribution >= 0.6 is 0 Å². The van der Waals surface area contributed by atoms with Crippen molar-refractivity contribution in [2.75, 3.05) is 0 Å². The molecule has 3 rings (SSSR count). The molecule has 0 saturated carbocycles. The Kier molecular flexibility index (Phi) is 5.33. The predicted octanol–water partition coefficient (Wildman–Crippen LogP) is 6.25. The summed E-state index contributed by atoms with van der Waals surface area (Å²) in [6.07, 6.45) is 0. The van der Waals surface area contributed by atoms with E-state index in [1.807, 2.05) is 0 Å². The van der Waals surface area contributed by atoms with E-state index in [1.165, 1.54) is 22.3 Å². The monoisotopic (exact) mass is 392 g/mol. The molecule has 3 heteroatoms. The van der Waals surface area contributed by atoms with Gasteiger partial charge in [-0.3, -0.25) is 0 Å². The molecule has 1 fully saturated rings. The van der Waals surface area contributed by atoms with Crippen LogP contribution in [0.15, 0.2) is 42.5 Å². The first-order valence-electron chi connectivity index (χ1n) is 10.7. The van der Waals surface area contributed by atoms with Crippen LogP contribution in [-0.2, 0) is 20.1 Å². The Morgan fingerprint density at radius 1 is 0.690 bits per heavy atom. The third kappa shape index (κ3) is 4.32. The zero-order valence-electron chi connectivity index (χ0n) is 19.9. The third-order valence-corrected chi connectivity index (χ3v) is 6.44. The van der Waals surface area contributed by atoms with E-state index in [-0.39, 0.29) is 29.2 Å². The van der Waals surface area contributed by atoms with E-state index in [9.17, 15) is 0 Å². The molecule has 1 heterocycles. The molecule has 29 heavy (non-hydrogen) atoms. The molecular weight excluding hydrogens is 355 g/mol. The van der Waals surface area contributed by atoms with Gasteiger partial charge >= 0.3 is 7.12 Å². The molecule has 2 aromatic rings. The molecule has 0 atom stereocenters. The Bertz CT molecular complexity index is 864. The van der Waals surface area contributed by atoms with Crippen LogP contribution in [0.3, 0.4) is 0 Å². The van der Waals surface area contributed by atoms with Crippen LogP contribution in [0.4, 0.5) is 0 Å². The number of hydrogen-bond acceptors (Lipinski definition) is 2. The Morgan fingerprint density at radius 3 is 1.66 bits per heavy atom. The molecule has 1 saturated heterocycles. The fourth-order valence-electron chi connectivity index (χ4n) is 3.71. The summed E-state index contributed by atoms with van der Waals surface area (Å²) in [4.78, 5) is 0. The quantitative estimate of drug-likeness (QED) is 0.563. The molecule has 0 radical (unpaired) electrons.